The lowest BCUT2D eigenvalue weighted by Gasteiger charge is -2.40. The topological polar surface area (TPSA) is 105 Å². The summed E-state index contributed by atoms with van der Waals surface area (Å²) in [6.07, 6.45) is 1.78. The van der Waals surface area contributed by atoms with Crippen LogP contribution in [-0.4, -0.2) is 91.5 Å². The van der Waals surface area contributed by atoms with Crippen LogP contribution in [0.4, 0.5) is 0 Å². The first kappa shape index (κ1) is 40.4. The zero-order valence-corrected chi connectivity index (χ0v) is 31.2. The summed E-state index contributed by atoms with van der Waals surface area (Å²) in [7, 11) is 5.00. The number of likely N-dealkylation sites (tertiary alicyclic amines) is 1. The molecule has 1 heterocycles. The fourth-order valence-electron chi connectivity index (χ4n) is 6.80. The molecular formula is C38H63N3O6. The van der Waals surface area contributed by atoms with E-state index in [1.54, 1.807) is 26.0 Å². The smallest absolute Gasteiger partial charge is 0.226 e. The standard InChI is InChI=1S/C38H63N3O6/c1-13-25(4)33(40(10)37(45)26(5)24(2)3)31(46-11)23-32(42)41-21-17-20-30(41)34(47-12)27(6)36(44)39-29(35(43)38(7,8)9)22-28-18-15-14-16-19-28/h14-16,18-19,24-27,29-31,33-34H,13,17,20-23H2,1-12H3,(H,39,44)/t25-,26?,27+,29-,30?,31+,33?,34+/m0/s1. The predicted molar refractivity (Wildman–Crippen MR) is 187 cm³/mol. The second-order valence-electron chi connectivity index (χ2n) is 15.0. The average molecular weight is 658 g/mol. The van der Waals surface area contributed by atoms with E-state index in [0.29, 0.717) is 19.4 Å². The zero-order valence-electron chi connectivity index (χ0n) is 31.2. The molecule has 3 amide bonds. The predicted octanol–water partition coefficient (Wildman–Crippen LogP) is 5.54. The number of benzene rings is 1. The number of likely N-dealkylation sites (N-methyl/N-ethyl adjacent to an activating group) is 1. The van der Waals surface area contributed by atoms with Crippen molar-refractivity contribution < 1.29 is 28.7 Å². The number of amides is 3. The number of nitrogens with zero attached hydrogens (tertiary/aromatic N) is 2. The quantitative estimate of drug-likeness (QED) is 0.236. The van der Waals surface area contributed by atoms with Crippen LogP contribution in [0.15, 0.2) is 30.3 Å². The van der Waals surface area contributed by atoms with Crippen molar-refractivity contribution in [2.45, 2.75) is 125 Å². The number of ketones is 1. The summed E-state index contributed by atoms with van der Waals surface area (Å²) in [5.41, 5.74) is 0.329. The van der Waals surface area contributed by atoms with E-state index in [9.17, 15) is 19.2 Å². The van der Waals surface area contributed by atoms with Crippen molar-refractivity contribution in [2.75, 3.05) is 27.8 Å². The highest BCUT2D eigenvalue weighted by molar-refractivity contribution is 5.93. The fourth-order valence-corrected chi connectivity index (χ4v) is 6.80. The van der Waals surface area contributed by atoms with Crippen molar-refractivity contribution in [2.24, 2.45) is 29.1 Å². The van der Waals surface area contributed by atoms with Crippen molar-refractivity contribution in [3.8, 4) is 0 Å². The maximum atomic E-state index is 14.0. The Labute approximate surface area is 284 Å². The number of hydrogen-bond donors (Lipinski definition) is 1. The molecule has 47 heavy (non-hydrogen) atoms. The first-order valence-corrected chi connectivity index (χ1v) is 17.5. The summed E-state index contributed by atoms with van der Waals surface area (Å²) >= 11 is 0. The summed E-state index contributed by atoms with van der Waals surface area (Å²) in [6.45, 7) is 18.2. The van der Waals surface area contributed by atoms with Gasteiger partial charge < -0.3 is 24.6 Å². The van der Waals surface area contributed by atoms with Crippen LogP contribution < -0.4 is 5.32 Å². The van der Waals surface area contributed by atoms with Crippen molar-refractivity contribution in [1.82, 2.24) is 15.1 Å². The second kappa shape index (κ2) is 18.1. The maximum Gasteiger partial charge on any atom is 0.226 e. The summed E-state index contributed by atoms with van der Waals surface area (Å²) in [4.78, 5) is 58.2. The van der Waals surface area contributed by atoms with E-state index >= 15 is 0 Å². The molecule has 1 saturated heterocycles. The number of hydrogen-bond acceptors (Lipinski definition) is 6. The van der Waals surface area contributed by atoms with Crippen LogP contribution in [0, 0.1) is 29.1 Å². The van der Waals surface area contributed by atoms with E-state index in [-0.39, 0.29) is 59.8 Å². The monoisotopic (exact) mass is 657 g/mol. The lowest BCUT2D eigenvalue weighted by molar-refractivity contribution is -0.148. The van der Waals surface area contributed by atoms with Gasteiger partial charge in [-0.25, -0.2) is 0 Å². The van der Waals surface area contributed by atoms with Gasteiger partial charge in [-0.1, -0.05) is 99.1 Å². The van der Waals surface area contributed by atoms with Gasteiger partial charge in [-0.3, -0.25) is 19.2 Å². The molecule has 9 nitrogen and oxygen atoms in total. The lowest BCUT2D eigenvalue weighted by atomic mass is 9.83. The Morgan fingerprint density at radius 1 is 0.979 bits per heavy atom. The third-order valence-electron chi connectivity index (χ3n) is 10.3. The molecule has 0 saturated carbocycles. The Morgan fingerprint density at radius 2 is 1.60 bits per heavy atom. The van der Waals surface area contributed by atoms with Gasteiger partial charge in [0, 0.05) is 39.1 Å². The third kappa shape index (κ3) is 10.6. The molecule has 2 rings (SSSR count). The molecular weight excluding hydrogens is 594 g/mol. The summed E-state index contributed by atoms with van der Waals surface area (Å²) in [5, 5.41) is 3.04. The van der Waals surface area contributed by atoms with E-state index in [1.165, 1.54) is 0 Å². The van der Waals surface area contributed by atoms with Gasteiger partial charge in [-0.2, -0.15) is 0 Å². The molecule has 1 fully saturated rings. The van der Waals surface area contributed by atoms with E-state index in [2.05, 4.69) is 19.2 Å². The molecule has 266 valence electrons. The Balaban J connectivity index is 2.26. The Hall–Kier alpha value is -2.78. The van der Waals surface area contributed by atoms with E-state index in [4.69, 9.17) is 9.47 Å². The van der Waals surface area contributed by atoms with Crippen LogP contribution in [0.1, 0.15) is 93.6 Å². The molecule has 3 unspecified atom stereocenters. The lowest BCUT2D eigenvalue weighted by Crippen LogP contribution is -2.55. The number of Topliss-reactive ketones (excluding diaryl/α,β-unsaturated/α-hetero) is 1. The molecule has 1 N–H and O–H groups in total. The molecule has 0 aromatic heterocycles. The molecule has 1 aliphatic rings. The van der Waals surface area contributed by atoms with Gasteiger partial charge >= 0.3 is 0 Å². The molecule has 1 aromatic rings. The van der Waals surface area contributed by atoms with Gasteiger partial charge in [-0.15, -0.1) is 0 Å². The Bertz CT molecular complexity index is 1170. The SMILES string of the molecule is CC[C@H](C)C([C@@H](CC(=O)N1CCCC1[C@H](OC)[C@@H](C)C(=O)N[C@@H](Cc1ccccc1)C(=O)C(C)(C)C)OC)N(C)C(=O)C(C)C(C)C. The molecule has 0 radical (unpaired) electrons. The molecule has 0 spiro atoms. The number of carbonyl (C=O) groups excluding carboxylic acids is 4. The number of nitrogens with one attached hydrogen (secondary N) is 1. The third-order valence-corrected chi connectivity index (χ3v) is 10.3. The van der Waals surface area contributed by atoms with Crippen LogP contribution in [0.25, 0.3) is 0 Å². The van der Waals surface area contributed by atoms with E-state index in [1.807, 2.05) is 83.8 Å². The largest absolute Gasteiger partial charge is 0.379 e. The highest BCUT2D eigenvalue weighted by atomic mass is 16.5. The van der Waals surface area contributed by atoms with Crippen molar-refractivity contribution in [3.05, 3.63) is 35.9 Å². The van der Waals surface area contributed by atoms with Crippen LogP contribution >= 0.6 is 0 Å². The number of methoxy groups -OCH3 is 2. The van der Waals surface area contributed by atoms with E-state index < -0.39 is 29.6 Å². The van der Waals surface area contributed by atoms with Gasteiger partial charge in [0.1, 0.15) is 0 Å². The van der Waals surface area contributed by atoms with Crippen molar-refractivity contribution in [3.63, 3.8) is 0 Å². The average Bonchev–Trinajstić information content (AvgIpc) is 3.52. The van der Waals surface area contributed by atoms with E-state index in [0.717, 1.165) is 18.4 Å². The molecule has 0 bridgehead atoms. The minimum absolute atomic E-state index is 0.0405. The van der Waals surface area contributed by atoms with Gasteiger partial charge in [0.05, 0.1) is 42.7 Å². The highest BCUT2D eigenvalue weighted by Gasteiger charge is 2.43. The van der Waals surface area contributed by atoms with Crippen LogP contribution in [0.2, 0.25) is 0 Å². The maximum absolute atomic E-state index is 14.0. The zero-order chi connectivity index (χ0) is 35.6. The van der Waals surface area contributed by atoms with Crippen LogP contribution in [-0.2, 0) is 35.1 Å². The minimum atomic E-state index is -0.691. The fraction of sp³-hybridized carbons (Fsp3) is 0.737. The molecule has 1 aliphatic heterocycles. The Morgan fingerprint density at radius 3 is 2.11 bits per heavy atom. The molecule has 0 aliphatic carbocycles. The molecule has 9 heteroatoms. The normalized spacial score (nSPS) is 19.8. The molecule has 8 atom stereocenters. The van der Waals surface area contributed by atoms with Gasteiger partial charge in [0.15, 0.2) is 5.78 Å². The number of rotatable bonds is 17. The van der Waals surface area contributed by atoms with Gasteiger partial charge in [-0.05, 0) is 36.7 Å². The highest BCUT2D eigenvalue weighted by Crippen LogP contribution is 2.30. The second-order valence-corrected chi connectivity index (χ2v) is 15.0. The van der Waals surface area contributed by atoms with Crippen molar-refractivity contribution in [1.29, 1.82) is 0 Å². The minimum Gasteiger partial charge on any atom is -0.379 e. The summed E-state index contributed by atoms with van der Waals surface area (Å²) in [6, 6.07) is 8.41. The van der Waals surface area contributed by atoms with Crippen LogP contribution in [0.3, 0.4) is 0 Å². The van der Waals surface area contributed by atoms with Crippen LogP contribution in [0.5, 0.6) is 0 Å². The van der Waals surface area contributed by atoms with Crippen molar-refractivity contribution >= 4 is 23.5 Å². The summed E-state index contributed by atoms with van der Waals surface area (Å²) < 4.78 is 11.9. The first-order chi connectivity index (χ1) is 22.0. The number of carbonyl (C=O) groups is 4. The first-order valence-electron chi connectivity index (χ1n) is 17.5. The number of ether oxygens (including phenoxy) is 2. The van der Waals surface area contributed by atoms with Gasteiger partial charge in [0.25, 0.3) is 0 Å². The van der Waals surface area contributed by atoms with Gasteiger partial charge in [0.2, 0.25) is 17.7 Å². The Kier molecular flexibility index (Phi) is 15.6. The molecule has 1 aromatic carbocycles. The summed E-state index contributed by atoms with van der Waals surface area (Å²) in [5.74, 6) is -0.799.